The predicted octanol–water partition coefficient (Wildman–Crippen LogP) is 2.21. The molecule has 1 aromatic heterocycles. The molecular formula is C13H12N2O. The van der Waals surface area contributed by atoms with Gasteiger partial charge >= 0.3 is 0 Å². The zero-order valence-electron chi connectivity index (χ0n) is 9.29. The normalized spacial score (nSPS) is 10.3. The number of aromatic nitrogens is 1. The van der Waals surface area contributed by atoms with Crippen molar-refractivity contribution in [3.63, 3.8) is 0 Å². The number of aryl methyl sites for hydroxylation is 2. The summed E-state index contributed by atoms with van der Waals surface area (Å²) in [4.78, 5) is 15.3. The van der Waals surface area contributed by atoms with Gasteiger partial charge in [0.25, 0.3) is 0 Å². The van der Waals surface area contributed by atoms with Gasteiger partial charge in [0, 0.05) is 16.6 Å². The van der Waals surface area contributed by atoms with E-state index in [2.05, 4.69) is 4.98 Å². The molecule has 1 N–H and O–H groups in total. The fourth-order valence-corrected chi connectivity index (χ4v) is 1.91. The molecule has 0 bridgehead atoms. The highest BCUT2D eigenvalue weighted by Gasteiger charge is 2.09. The van der Waals surface area contributed by atoms with Crippen molar-refractivity contribution in [1.29, 1.82) is 5.26 Å². The molecule has 0 saturated heterocycles. The number of nitriles is 1. The molecule has 0 aliphatic carbocycles. The number of H-pyrrole nitrogens is 1. The Kier molecular flexibility index (Phi) is 2.49. The largest absolute Gasteiger partial charge is 0.358 e. The van der Waals surface area contributed by atoms with E-state index in [1.807, 2.05) is 32.0 Å². The van der Waals surface area contributed by atoms with Crippen LogP contribution in [0, 0.1) is 25.2 Å². The number of rotatable bonds is 1. The Hall–Kier alpha value is -2.08. The maximum Gasteiger partial charge on any atom is 0.193 e. The number of hydrogen-bond donors (Lipinski definition) is 1. The molecule has 0 atom stereocenters. The minimum Gasteiger partial charge on any atom is -0.358 e. The molecule has 16 heavy (non-hydrogen) atoms. The summed E-state index contributed by atoms with van der Waals surface area (Å²) in [5, 5.41) is 9.36. The van der Waals surface area contributed by atoms with Crippen molar-refractivity contribution in [2.24, 2.45) is 0 Å². The van der Waals surface area contributed by atoms with E-state index in [1.54, 1.807) is 6.07 Å². The van der Waals surface area contributed by atoms with Crippen LogP contribution in [0.1, 0.15) is 16.8 Å². The summed E-state index contributed by atoms with van der Waals surface area (Å²) in [5.74, 6) is 0. The molecular weight excluding hydrogens is 200 g/mol. The quantitative estimate of drug-likeness (QED) is 0.787. The van der Waals surface area contributed by atoms with Crippen molar-refractivity contribution < 1.29 is 0 Å². The first-order chi connectivity index (χ1) is 7.65. The predicted molar refractivity (Wildman–Crippen MR) is 63.4 cm³/mol. The van der Waals surface area contributed by atoms with Crippen LogP contribution in [-0.2, 0) is 6.42 Å². The van der Waals surface area contributed by atoms with Gasteiger partial charge in [-0.05, 0) is 25.5 Å². The van der Waals surface area contributed by atoms with Crippen molar-refractivity contribution in [2.45, 2.75) is 20.3 Å². The van der Waals surface area contributed by atoms with Crippen LogP contribution in [0.25, 0.3) is 10.9 Å². The summed E-state index contributed by atoms with van der Waals surface area (Å²) >= 11 is 0. The third-order valence-corrected chi connectivity index (χ3v) is 2.81. The van der Waals surface area contributed by atoms with Gasteiger partial charge in [-0.25, -0.2) is 0 Å². The maximum absolute atomic E-state index is 12.1. The van der Waals surface area contributed by atoms with Crippen molar-refractivity contribution in [3.8, 4) is 6.07 Å². The first kappa shape index (κ1) is 10.4. The molecule has 0 aliphatic rings. The molecule has 2 aromatic rings. The van der Waals surface area contributed by atoms with Gasteiger partial charge in [0.05, 0.1) is 18.0 Å². The van der Waals surface area contributed by atoms with Gasteiger partial charge < -0.3 is 4.98 Å². The van der Waals surface area contributed by atoms with E-state index in [1.165, 1.54) is 0 Å². The Labute approximate surface area is 93.3 Å². The molecule has 0 saturated carbocycles. The number of fused-ring (bicyclic) bond motifs is 1. The highest BCUT2D eigenvalue weighted by molar-refractivity contribution is 5.82. The first-order valence-corrected chi connectivity index (χ1v) is 5.13. The Morgan fingerprint density at radius 2 is 2.12 bits per heavy atom. The topological polar surface area (TPSA) is 56.6 Å². The third kappa shape index (κ3) is 1.49. The summed E-state index contributed by atoms with van der Waals surface area (Å²) in [6.45, 7) is 3.79. The zero-order chi connectivity index (χ0) is 11.7. The van der Waals surface area contributed by atoms with Crippen LogP contribution < -0.4 is 5.43 Å². The number of benzene rings is 1. The molecule has 1 heterocycles. The number of nitrogens with one attached hydrogen (secondary N) is 1. The number of pyridine rings is 1. The lowest BCUT2D eigenvalue weighted by Crippen LogP contribution is -2.13. The summed E-state index contributed by atoms with van der Waals surface area (Å²) in [6.07, 6.45) is 0.158. The molecule has 0 spiro atoms. The Bertz CT molecular complexity index is 647. The molecule has 0 radical (unpaired) electrons. The fraction of sp³-hybridized carbons (Fsp3) is 0.231. The number of para-hydroxylation sites is 1. The fourth-order valence-electron chi connectivity index (χ4n) is 1.91. The van der Waals surface area contributed by atoms with Gasteiger partial charge in [-0.15, -0.1) is 0 Å². The van der Waals surface area contributed by atoms with E-state index in [0.29, 0.717) is 10.9 Å². The molecule has 0 amide bonds. The van der Waals surface area contributed by atoms with Gasteiger partial charge in [0.2, 0.25) is 0 Å². The van der Waals surface area contributed by atoms with E-state index in [4.69, 9.17) is 5.26 Å². The smallest absolute Gasteiger partial charge is 0.193 e. The molecule has 3 heteroatoms. The van der Waals surface area contributed by atoms with E-state index in [0.717, 1.165) is 16.8 Å². The second-order valence-electron chi connectivity index (χ2n) is 3.89. The molecule has 3 nitrogen and oxygen atoms in total. The van der Waals surface area contributed by atoms with Crippen molar-refractivity contribution >= 4 is 10.9 Å². The Balaban J connectivity index is 2.91. The Morgan fingerprint density at radius 1 is 1.38 bits per heavy atom. The number of nitrogens with zero attached hydrogens (tertiary/aromatic N) is 1. The van der Waals surface area contributed by atoms with Gasteiger partial charge in [0.1, 0.15) is 0 Å². The highest BCUT2D eigenvalue weighted by Crippen LogP contribution is 2.15. The Morgan fingerprint density at radius 3 is 2.81 bits per heavy atom. The third-order valence-electron chi connectivity index (χ3n) is 2.81. The molecule has 2 rings (SSSR count). The summed E-state index contributed by atoms with van der Waals surface area (Å²) in [7, 11) is 0. The van der Waals surface area contributed by atoms with Gasteiger partial charge in [-0.2, -0.15) is 5.26 Å². The van der Waals surface area contributed by atoms with Crippen molar-refractivity contribution in [2.75, 3.05) is 0 Å². The van der Waals surface area contributed by atoms with E-state index >= 15 is 0 Å². The molecule has 0 unspecified atom stereocenters. The zero-order valence-corrected chi connectivity index (χ0v) is 9.29. The molecule has 0 aliphatic heterocycles. The second kappa shape index (κ2) is 3.82. The maximum atomic E-state index is 12.1. The van der Waals surface area contributed by atoms with Crippen LogP contribution in [0.3, 0.4) is 0 Å². The SMILES string of the molecule is Cc1[nH]c2c(C)cccc2c(=O)c1CC#N. The van der Waals surface area contributed by atoms with Crippen molar-refractivity contribution in [3.05, 3.63) is 45.2 Å². The van der Waals surface area contributed by atoms with Gasteiger partial charge in [-0.3, -0.25) is 4.79 Å². The number of hydrogen-bond acceptors (Lipinski definition) is 2. The van der Waals surface area contributed by atoms with Gasteiger partial charge in [-0.1, -0.05) is 12.1 Å². The number of aromatic amines is 1. The average Bonchev–Trinajstić information content (AvgIpc) is 2.26. The minimum atomic E-state index is -0.0310. The van der Waals surface area contributed by atoms with E-state index in [9.17, 15) is 4.79 Å². The molecule has 1 aromatic carbocycles. The summed E-state index contributed by atoms with van der Waals surface area (Å²) in [6, 6.07) is 7.64. The van der Waals surface area contributed by atoms with Crippen LogP contribution in [-0.4, -0.2) is 4.98 Å². The molecule has 80 valence electrons. The minimum absolute atomic E-state index is 0.0310. The lowest BCUT2D eigenvalue weighted by Gasteiger charge is -2.07. The van der Waals surface area contributed by atoms with Gasteiger partial charge in [0.15, 0.2) is 5.43 Å². The summed E-state index contributed by atoms with van der Waals surface area (Å²) < 4.78 is 0. The standard InChI is InChI=1S/C13H12N2O/c1-8-4-3-5-11-12(8)15-9(2)10(6-7-14)13(11)16/h3-5H,6H2,1-2H3,(H,15,16). The van der Waals surface area contributed by atoms with Crippen LogP contribution in [0.15, 0.2) is 23.0 Å². The van der Waals surface area contributed by atoms with Crippen LogP contribution in [0.4, 0.5) is 0 Å². The van der Waals surface area contributed by atoms with Crippen LogP contribution in [0.5, 0.6) is 0 Å². The van der Waals surface area contributed by atoms with E-state index in [-0.39, 0.29) is 11.8 Å². The monoisotopic (exact) mass is 212 g/mol. The second-order valence-corrected chi connectivity index (χ2v) is 3.89. The van der Waals surface area contributed by atoms with Crippen LogP contribution in [0.2, 0.25) is 0 Å². The van der Waals surface area contributed by atoms with E-state index < -0.39 is 0 Å². The average molecular weight is 212 g/mol. The highest BCUT2D eigenvalue weighted by atomic mass is 16.1. The van der Waals surface area contributed by atoms with Crippen molar-refractivity contribution in [1.82, 2.24) is 4.98 Å². The lowest BCUT2D eigenvalue weighted by atomic mass is 10.0. The first-order valence-electron chi connectivity index (χ1n) is 5.13. The molecule has 0 fully saturated rings. The summed E-state index contributed by atoms with van der Waals surface area (Å²) in [5.41, 5.74) is 3.23. The van der Waals surface area contributed by atoms with Crippen LogP contribution >= 0.6 is 0 Å². The lowest BCUT2D eigenvalue weighted by molar-refractivity contribution is 1.11.